The first-order chi connectivity index (χ1) is 7.86. The van der Waals surface area contributed by atoms with E-state index >= 15 is 0 Å². The Bertz CT molecular complexity index is 396. The molecule has 1 aromatic carbocycles. The summed E-state index contributed by atoms with van der Waals surface area (Å²) in [5.41, 5.74) is 1.25. The molecule has 84 valence electrons. The Morgan fingerprint density at radius 3 is 2.75 bits per heavy atom. The summed E-state index contributed by atoms with van der Waals surface area (Å²) in [6, 6.07) is 10.4. The molecule has 0 aliphatic heterocycles. The number of hydrogen-bond donors (Lipinski definition) is 0. The third-order valence-electron chi connectivity index (χ3n) is 2.54. The average Bonchev–Trinajstić information content (AvgIpc) is 2.83. The van der Waals surface area contributed by atoms with Gasteiger partial charge in [0.2, 0.25) is 0 Å². The molecule has 16 heavy (non-hydrogen) atoms. The second-order valence-electron chi connectivity index (χ2n) is 3.77. The van der Waals surface area contributed by atoms with Gasteiger partial charge in [0.05, 0.1) is 0 Å². The van der Waals surface area contributed by atoms with Gasteiger partial charge in [0.25, 0.3) is 0 Å². The minimum absolute atomic E-state index is 0.914. The second kappa shape index (κ2) is 5.30. The second-order valence-corrected chi connectivity index (χ2v) is 3.77. The lowest BCUT2D eigenvalue weighted by Gasteiger charge is -2.18. The molecule has 0 fully saturated rings. The van der Waals surface area contributed by atoms with Gasteiger partial charge in [0.15, 0.2) is 0 Å². The molecule has 1 aromatic heterocycles. The molecular formula is C12H16N4. The van der Waals surface area contributed by atoms with E-state index in [9.17, 15) is 0 Å². The maximum atomic E-state index is 4.07. The van der Waals surface area contributed by atoms with Crippen LogP contribution in [0.25, 0.3) is 0 Å². The lowest BCUT2D eigenvalue weighted by Crippen LogP contribution is -2.19. The van der Waals surface area contributed by atoms with E-state index in [4.69, 9.17) is 0 Å². The van der Waals surface area contributed by atoms with Crippen LogP contribution in [-0.4, -0.2) is 28.4 Å². The molecule has 2 aromatic rings. The standard InChI is InChI=1S/C12H16N4/c1-15(12-6-3-2-4-7-12)8-5-9-16-11-13-10-14-16/h2-4,6-7,10-11H,5,8-9H2,1H3. The van der Waals surface area contributed by atoms with Gasteiger partial charge in [-0.25, -0.2) is 4.98 Å². The molecular weight excluding hydrogens is 200 g/mol. The van der Waals surface area contributed by atoms with Crippen molar-refractivity contribution < 1.29 is 0 Å². The van der Waals surface area contributed by atoms with Gasteiger partial charge in [-0.15, -0.1) is 0 Å². The van der Waals surface area contributed by atoms with Gasteiger partial charge in [-0.05, 0) is 18.6 Å². The molecule has 2 rings (SSSR count). The summed E-state index contributed by atoms with van der Waals surface area (Å²) in [7, 11) is 2.11. The van der Waals surface area contributed by atoms with Crippen molar-refractivity contribution in [1.29, 1.82) is 0 Å². The molecule has 0 saturated carbocycles. The van der Waals surface area contributed by atoms with E-state index in [1.807, 2.05) is 10.7 Å². The maximum Gasteiger partial charge on any atom is 0.137 e. The topological polar surface area (TPSA) is 34.0 Å². The fraction of sp³-hybridized carbons (Fsp3) is 0.333. The predicted octanol–water partition coefficient (Wildman–Crippen LogP) is 1.80. The van der Waals surface area contributed by atoms with Gasteiger partial charge in [-0.1, -0.05) is 18.2 Å². The van der Waals surface area contributed by atoms with E-state index in [1.165, 1.54) is 5.69 Å². The number of benzene rings is 1. The summed E-state index contributed by atoms with van der Waals surface area (Å²) in [5, 5.41) is 4.07. The molecule has 0 spiro atoms. The van der Waals surface area contributed by atoms with Crippen LogP contribution in [0.1, 0.15) is 6.42 Å². The van der Waals surface area contributed by atoms with Crippen LogP contribution in [0.3, 0.4) is 0 Å². The summed E-state index contributed by atoms with van der Waals surface area (Å²) >= 11 is 0. The fourth-order valence-electron chi connectivity index (χ4n) is 1.63. The monoisotopic (exact) mass is 216 g/mol. The van der Waals surface area contributed by atoms with Crippen LogP contribution < -0.4 is 4.90 Å². The van der Waals surface area contributed by atoms with Crippen molar-refractivity contribution in [3.8, 4) is 0 Å². The Labute approximate surface area is 95.5 Å². The first-order valence-corrected chi connectivity index (χ1v) is 5.45. The van der Waals surface area contributed by atoms with Crippen molar-refractivity contribution in [2.24, 2.45) is 0 Å². The lowest BCUT2D eigenvalue weighted by molar-refractivity contribution is 0.576. The van der Waals surface area contributed by atoms with Crippen LogP contribution in [0.5, 0.6) is 0 Å². The average molecular weight is 216 g/mol. The van der Waals surface area contributed by atoms with Crippen molar-refractivity contribution in [3.63, 3.8) is 0 Å². The summed E-state index contributed by atoms with van der Waals surface area (Å²) in [6.45, 7) is 1.93. The molecule has 0 amide bonds. The molecule has 0 N–H and O–H groups in total. The molecule has 4 nitrogen and oxygen atoms in total. The third kappa shape index (κ3) is 2.82. The normalized spacial score (nSPS) is 10.3. The lowest BCUT2D eigenvalue weighted by atomic mass is 10.3. The molecule has 4 heteroatoms. The largest absolute Gasteiger partial charge is 0.375 e. The highest BCUT2D eigenvalue weighted by Crippen LogP contribution is 2.10. The number of rotatable bonds is 5. The Morgan fingerprint density at radius 2 is 2.06 bits per heavy atom. The molecule has 1 heterocycles. The van der Waals surface area contributed by atoms with Crippen LogP contribution in [0, 0.1) is 0 Å². The maximum absolute atomic E-state index is 4.07. The van der Waals surface area contributed by atoms with Crippen molar-refractivity contribution >= 4 is 5.69 Å². The van der Waals surface area contributed by atoms with Crippen LogP contribution in [0.15, 0.2) is 43.0 Å². The van der Waals surface area contributed by atoms with E-state index in [1.54, 1.807) is 12.7 Å². The zero-order chi connectivity index (χ0) is 11.2. The molecule has 0 radical (unpaired) electrons. The van der Waals surface area contributed by atoms with E-state index in [0.29, 0.717) is 0 Å². The number of anilines is 1. The first-order valence-electron chi connectivity index (χ1n) is 5.45. The van der Waals surface area contributed by atoms with Crippen LogP contribution >= 0.6 is 0 Å². The number of aryl methyl sites for hydroxylation is 1. The van der Waals surface area contributed by atoms with Gasteiger partial charge < -0.3 is 4.90 Å². The van der Waals surface area contributed by atoms with Gasteiger partial charge in [-0.3, -0.25) is 4.68 Å². The summed E-state index contributed by atoms with van der Waals surface area (Å²) < 4.78 is 1.86. The molecule has 0 aliphatic rings. The minimum Gasteiger partial charge on any atom is -0.375 e. The Morgan fingerprint density at radius 1 is 1.25 bits per heavy atom. The third-order valence-corrected chi connectivity index (χ3v) is 2.54. The van der Waals surface area contributed by atoms with Crippen molar-refractivity contribution in [2.45, 2.75) is 13.0 Å². The van der Waals surface area contributed by atoms with E-state index in [2.05, 4.69) is 46.3 Å². The Balaban J connectivity index is 1.78. The number of hydrogen-bond acceptors (Lipinski definition) is 3. The Kier molecular flexibility index (Phi) is 3.53. The van der Waals surface area contributed by atoms with Crippen LogP contribution in [0.4, 0.5) is 5.69 Å². The molecule has 0 atom stereocenters. The molecule has 0 unspecified atom stereocenters. The minimum atomic E-state index is 0.914. The van der Waals surface area contributed by atoms with E-state index in [-0.39, 0.29) is 0 Å². The highest BCUT2D eigenvalue weighted by atomic mass is 15.3. The summed E-state index contributed by atoms with van der Waals surface area (Å²) in [5.74, 6) is 0. The van der Waals surface area contributed by atoms with Crippen molar-refractivity contribution in [3.05, 3.63) is 43.0 Å². The quantitative estimate of drug-likeness (QED) is 0.764. The van der Waals surface area contributed by atoms with Gasteiger partial charge in [0.1, 0.15) is 12.7 Å². The van der Waals surface area contributed by atoms with Crippen molar-refractivity contribution in [2.75, 3.05) is 18.5 Å². The van der Waals surface area contributed by atoms with Crippen LogP contribution in [0.2, 0.25) is 0 Å². The SMILES string of the molecule is CN(CCCn1cncn1)c1ccccc1. The van der Waals surface area contributed by atoms with Crippen molar-refractivity contribution in [1.82, 2.24) is 14.8 Å². The zero-order valence-electron chi connectivity index (χ0n) is 9.45. The highest BCUT2D eigenvalue weighted by molar-refractivity contribution is 5.44. The van der Waals surface area contributed by atoms with Gasteiger partial charge in [0, 0.05) is 25.8 Å². The number of aromatic nitrogens is 3. The van der Waals surface area contributed by atoms with E-state index < -0.39 is 0 Å². The van der Waals surface area contributed by atoms with Gasteiger partial charge >= 0.3 is 0 Å². The van der Waals surface area contributed by atoms with Gasteiger partial charge in [-0.2, -0.15) is 5.10 Å². The highest BCUT2D eigenvalue weighted by Gasteiger charge is 1.99. The molecule has 0 saturated heterocycles. The number of nitrogens with zero attached hydrogens (tertiary/aromatic N) is 4. The number of para-hydroxylation sites is 1. The summed E-state index contributed by atoms with van der Waals surface area (Å²) in [4.78, 5) is 6.16. The smallest absolute Gasteiger partial charge is 0.137 e. The molecule has 0 bridgehead atoms. The predicted molar refractivity (Wildman–Crippen MR) is 64.4 cm³/mol. The zero-order valence-corrected chi connectivity index (χ0v) is 9.45. The first kappa shape index (κ1) is 10.7. The molecule has 0 aliphatic carbocycles. The van der Waals surface area contributed by atoms with E-state index in [0.717, 1.165) is 19.5 Å². The Hall–Kier alpha value is -1.84. The summed E-state index contributed by atoms with van der Waals surface area (Å²) in [6.07, 6.45) is 4.39. The fourth-order valence-corrected chi connectivity index (χ4v) is 1.63. The van der Waals surface area contributed by atoms with Crippen LogP contribution in [-0.2, 0) is 6.54 Å².